The maximum Gasteiger partial charge on any atom is 0.416 e. The van der Waals surface area contributed by atoms with Gasteiger partial charge in [-0.25, -0.2) is 4.39 Å². The minimum Gasteiger partial charge on any atom is -0.391 e. The van der Waals surface area contributed by atoms with E-state index >= 15 is 0 Å². The van der Waals surface area contributed by atoms with Gasteiger partial charge in [-0.15, -0.1) is 12.4 Å². The zero-order chi connectivity index (χ0) is 15.8. The van der Waals surface area contributed by atoms with Crippen LogP contribution in [0.4, 0.5) is 17.6 Å². The molecule has 1 aromatic carbocycles. The Balaban J connectivity index is 0.00000242. The quantitative estimate of drug-likeness (QED) is 0.780. The molecule has 1 saturated carbocycles. The SMILES string of the molecule is Cl.N[C@H](c1cc(C(F)(F)F)cc(Cl)c1F)[C@@H](O)C1CCCC1. The van der Waals surface area contributed by atoms with Crippen molar-refractivity contribution in [2.75, 3.05) is 0 Å². The van der Waals surface area contributed by atoms with Gasteiger partial charge < -0.3 is 10.8 Å². The van der Waals surface area contributed by atoms with Gasteiger partial charge in [-0.1, -0.05) is 24.4 Å². The van der Waals surface area contributed by atoms with Gasteiger partial charge in [-0.3, -0.25) is 0 Å². The van der Waals surface area contributed by atoms with Gasteiger partial charge in [0.15, 0.2) is 0 Å². The molecule has 0 unspecified atom stereocenters. The van der Waals surface area contributed by atoms with Crippen molar-refractivity contribution in [1.29, 1.82) is 0 Å². The van der Waals surface area contributed by atoms with Crippen LogP contribution in [0.15, 0.2) is 12.1 Å². The van der Waals surface area contributed by atoms with Gasteiger partial charge in [0.05, 0.1) is 22.7 Å². The molecule has 2 rings (SSSR count). The summed E-state index contributed by atoms with van der Waals surface area (Å²) in [5.41, 5.74) is 4.32. The van der Waals surface area contributed by atoms with Crippen LogP contribution in [0.1, 0.15) is 42.9 Å². The molecular weight excluding hydrogens is 345 g/mol. The topological polar surface area (TPSA) is 46.2 Å². The van der Waals surface area contributed by atoms with Gasteiger partial charge in [0.25, 0.3) is 0 Å². The van der Waals surface area contributed by atoms with Gasteiger partial charge in [0.2, 0.25) is 0 Å². The van der Waals surface area contributed by atoms with Gasteiger partial charge in [-0.2, -0.15) is 13.2 Å². The summed E-state index contributed by atoms with van der Waals surface area (Å²) in [6, 6.07) is -0.0769. The van der Waals surface area contributed by atoms with Crippen LogP contribution in [0, 0.1) is 11.7 Å². The van der Waals surface area contributed by atoms with Crippen molar-refractivity contribution in [2.45, 2.75) is 44.0 Å². The first-order valence-corrected chi connectivity index (χ1v) is 7.09. The standard InChI is InChI=1S/C14H16ClF4NO.ClH/c15-10-6-8(14(17,18)19)5-9(11(10)16)12(20)13(21)7-3-1-2-4-7;/h5-7,12-13,21H,1-4,20H2;1H/t12-,13+;/m1./s1. The van der Waals surface area contributed by atoms with Crippen molar-refractivity contribution in [3.8, 4) is 0 Å². The summed E-state index contributed by atoms with van der Waals surface area (Å²) < 4.78 is 52.3. The number of halogens is 6. The van der Waals surface area contributed by atoms with Crippen LogP contribution in [0.2, 0.25) is 5.02 Å². The van der Waals surface area contributed by atoms with E-state index in [2.05, 4.69) is 0 Å². The summed E-state index contributed by atoms with van der Waals surface area (Å²) in [5, 5.41) is 9.52. The molecule has 126 valence electrons. The third-order valence-electron chi connectivity index (χ3n) is 3.99. The maximum absolute atomic E-state index is 14.0. The molecule has 0 heterocycles. The van der Waals surface area contributed by atoms with E-state index in [1.165, 1.54) is 0 Å². The van der Waals surface area contributed by atoms with Gasteiger partial charge in [-0.05, 0) is 30.9 Å². The first-order valence-electron chi connectivity index (χ1n) is 6.71. The van der Waals surface area contributed by atoms with Crippen LogP contribution in [-0.2, 0) is 6.18 Å². The molecule has 22 heavy (non-hydrogen) atoms. The summed E-state index contributed by atoms with van der Waals surface area (Å²) >= 11 is 5.52. The molecule has 1 aromatic rings. The van der Waals surface area contributed by atoms with Crippen molar-refractivity contribution in [3.63, 3.8) is 0 Å². The van der Waals surface area contributed by atoms with Gasteiger partial charge in [0, 0.05) is 5.56 Å². The van der Waals surface area contributed by atoms with E-state index in [9.17, 15) is 22.7 Å². The highest BCUT2D eigenvalue weighted by molar-refractivity contribution is 6.30. The smallest absolute Gasteiger partial charge is 0.391 e. The normalized spacial score (nSPS) is 18.9. The lowest BCUT2D eigenvalue weighted by Crippen LogP contribution is -2.33. The van der Waals surface area contributed by atoms with E-state index in [0.29, 0.717) is 12.1 Å². The molecule has 3 N–H and O–H groups in total. The van der Waals surface area contributed by atoms with Gasteiger partial charge >= 0.3 is 6.18 Å². The van der Waals surface area contributed by atoms with Crippen molar-refractivity contribution >= 4 is 24.0 Å². The Morgan fingerprint density at radius 3 is 2.27 bits per heavy atom. The second-order valence-electron chi connectivity index (χ2n) is 5.42. The Bertz CT molecular complexity index is 518. The predicted molar refractivity (Wildman–Crippen MR) is 78.6 cm³/mol. The average Bonchev–Trinajstić information content (AvgIpc) is 2.92. The predicted octanol–water partition coefficient (Wildman–Crippen LogP) is 4.47. The lowest BCUT2D eigenvalue weighted by atomic mass is 9.90. The van der Waals surface area contributed by atoms with Crippen LogP contribution < -0.4 is 5.73 Å². The highest BCUT2D eigenvalue weighted by Gasteiger charge is 2.35. The summed E-state index contributed by atoms with van der Waals surface area (Å²) in [6.07, 6.45) is -2.39. The first-order chi connectivity index (χ1) is 9.71. The maximum atomic E-state index is 14.0. The molecular formula is C14H17Cl2F4NO. The van der Waals surface area contributed by atoms with Crippen LogP contribution in [-0.4, -0.2) is 11.2 Å². The molecule has 0 aliphatic heterocycles. The van der Waals surface area contributed by atoms with Crippen LogP contribution in [0.3, 0.4) is 0 Å². The van der Waals surface area contributed by atoms with Crippen molar-refractivity contribution in [1.82, 2.24) is 0 Å². The van der Waals surface area contributed by atoms with E-state index in [0.717, 1.165) is 25.7 Å². The van der Waals surface area contributed by atoms with Crippen LogP contribution in [0.25, 0.3) is 0 Å². The van der Waals surface area contributed by atoms with E-state index in [4.69, 9.17) is 17.3 Å². The molecule has 1 aliphatic carbocycles. The zero-order valence-corrected chi connectivity index (χ0v) is 13.1. The van der Waals surface area contributed by atoms with Crippen molar-refractivity contribution < 1.29 is 22.7 Å². The largest absolute Gasteiger partial charge is 0.416 e. The number of aliphatic hydroxyl groups is 1. The zero-order valence-electron chi connectivity index (χ0n) is 11.5. The molecule has 0 radical (unpaired) electrons. The fourth-order valence-corrected chi connectivity index (χ4v) is 3.02. The van der Waals surface area contributed by atoms with E-state index < -0.39 is 40.3 Å². The Labute approximate surface area is 137 Å². The second-order valence-corrected chi connectivity index (χ2v) is 5.83. The number of hydrogen-bond donors (Lipinski definition) is 2. The number of hydrogen-bond acceptors (Lipinski definition) is 2. The lowest BCUT2D eigenvalue weighted by molar-refractivity contribution is -0.137. The number of benzene rings is 1. The molecule has 0 amide bonds. The monoisotopic (exact) mass is 361 g/mol. The van der Waals surface area contributed by atoms with E-state index in [1.807, 2.05) is 0 Å². The van der Waals surface area contributed by atoms with Gasteiger partial charge in [0.1, 0.15) is 5.82 Å². The molecule has 2 nitrogen and oxygen atoms in total. The Morgan fingerprint density at radius 1 is 1.23 bits per heavy atom. The van der Waals surface area contributed by atoms with E-state index in [-0.39, 0.29) is 18.3 Å². The van der Waals surface area contributed by atoms with Crippen molar-refractivity contribution in [2.24, 2.45) is 11.7 Å². The molecule has 0 bridgehead atoms. The fraction of sp³-hybridized carbons (Fsp3) is 0.571. The highest BCUT2D eigenvalue weighted by atomic mass is 35.5. The lowest BCUT2D eigenvalue weighted by Gasteiger charge is -2.25. The molecule has 2 atom stereocenters. The van der Waals surface area contributed by atoms with Crippen LogP contribution >= 0.6 is 24.0 Å². The van der Waals surface area contributed by atoms with E-state index in [1.54, 1.807) is 0 Å². The number of aliphatic hydroxyl groups excluding tert-OH is 1. The second kappa shape index (κ2) is 7.34. The third kappa shape index (κ3) is 4.04. The summed E-state index contributed by atoms with van der Waals surface area (Å²) in [6.45, 7) is 0. The third-order valence-corrected chi connectivity index (χ3v) is 4.27. The molecule has 1 fully saturated rings. The minimum absolute atomic E-state index is 0. The Kier molecular flexibility index (Phi) is 6.50. The summed E-state index contributed by atoms with van der Waals surface area (Å²) in [5.74, 6) is -1.12. The average molecular weight is 362 g/mol. The first kappa shape index (κ1) is 19.5. The summed E-state index contributed by atoms with van der Waals surface area (Å²) in [7, 11) is 0. The Hall–Kier alpha value is -0.560. The Morgan fingerprint density at radius 2 is 1.77 bits per heavy atom. The van der Waals surface area contributed by atoms with Crippen molar-refractivity contribution in [3.05, 3.63) is 34.1 Å². The molecule has 8 heteroatoms. The molecule has 0 spiro atoms. The minimum atomic E-state index is -4.65. The number of rotatable bonds is 3. The van der Waals surface area contributed by atoms with Crippen LogP contribution in [0.5, 0.6) is 0 Å². The number of nitrogens with two attached hydrogens (primary N) is 1. The molecule has 0 saturated heterocycles. The summed E-state index contributed by atoms with van der Waals surface area (Å²) in [4.78, 5) is 0. The highest BCUT2D eigenvalue weighted by Crippen LogP contribution is 2.38. The fourth-order valence-electron chi connectivity index (χ4n) is 2.79. The molecule has 0 aromatic heterocycles. The molecule has 1 aliphatic rings. The number of alkyl halides is 3.